The van der Waals surface area contributed by atoms with Crippen molar-refractivity contribution in [2.45, 2.75) is 61.7 Å². The van der Waals surface area contributed by atoms with Crippen LogP contribution >= 0.6 is 0 Å². The zero-order valence-electron chi connectivity index (χ0n) is 15.4. The lowest BCUT2D eigenvalue weighted by atomic mass is 9.99. The van der Waals surface area contributed by atoms with Crippen molar-refractivity contribution in [1.29, 1.82) is 0 Å². The Kier molecular flexibility index (Phi) is 7.92. The van der Waals surface area contributed by atoms with Crippen LogP contribution in [0.1, 0.15) is 6.92 Å². The number of aliphatic hydroxyl groups excluding tert-OH is 7. The fourth-order valence-electron chi connectivity index (χ4n) is 2.94. The fourth-order valence-corrected chi connectivity index (χ4v) is 2.94. The van der Waals surface area contributed by atoms with E-state index in [4.69, 9.17) is 24.1 Å². The molecular weight excluding hydrogens is 400 g/mol. The molecule has 0 spiro atoms. The van der Waals surface area contributed by atoms with E-state index in [0.29, 0.717) is 0 Å². The van der Waals surface area contributed by atoms with Crippen LogP contribution in [0.2, 0.25) is 0 Å². The van der Waals surface area contributed by atoms with Crippen LogP contribution in [0.4, 0.5) is 0 Å². The van der Waals surface area contributed by atoms with Crippen LogP contribution in [-0.2, 0) is 23.7 Å². The first kappa shape index (κ1) is 23.9. The van der Waals surface area contributed by atoms with Gasteiger partial charge in [-0.25, -0.2) is 4.79 Å². The van der Waals surface area contributed by atoms with Crippen LogP contribution in [0.25, 0.3) is 0 Å². The van der Waals surface area contributed by atoms with Crippen LogP contribution in [-0.4, -0.2) is 121 Å². The topological polar surface area (TPSA) is 216 Å². The lowest BCUT2D eigenvalue weighted by Crippen LogP contribution is -2.62. The predicted molar refractivity (Wildman–Crippen MR) is 88.9 cm³/mol. The minimum Gasteiger partial charge on any atom is -0.498 e. The van der Waals surface area contributed by atoms with Crippen molar-refractivity contribution in [2.75, 3.05) is 19.8 Å². The molecule has 13 nitrogen and oxygen atoms in total. The highest BCUT2D eigenvalue weighted by atomic mass is 16.8. The van der Waals surface area contributed by atoms with Crippen LogP contribution < -0.4 is 0 Å². The summed E-state index contributed by atoms with van der Waals surface area (Å²) >= 11 is 0. The lowest BCUT2D eigenvalue weighted by molar-refractivity contribution is -0.383. The zero-order chi connectivity index (χ0) is 21.9. The van der Waals surface area contributed by atoms with Crippen LogP contribution in [0, 0.1) is 0 Å². The first-order valence-corrected chi connectivity index (χ1v) is 8.72. The summed E-state index contributed by atoms with van der Waals surface area (Å²) in [6.45, 7) is -0.885. The van der Waals surface area contributed by atoms with E-state index in [1.807, 2.05) is 0 Å². The van der Waals surface area contributed by atoms with Gasteiger partial charge in [-0.05, 0) is 6.92 Å². The minimum absolute atomic E-state index is 0.144. The molecule has 2 heterocycles. The SMILES string of the molecule is CC(=COC[C@H]1O[C@H](O[C@]2(CO)O[C@H](CO)[C@@H](O)[C@@H]2O)[C@H](O)[C@@H](O)[C@@H]1O)C(=O)O. The van der Waals surface area contributed by atoms with Gasteiger partial charge in [0.25, 0.3) is 0 Å². The molecule has 0 radical (unpaired) electrons. The minimum atomic E-state index is -2.29. The number of hydrogen-bond donors (Lipinski definition) is 8. The molecule has 13 heteroatoms. The van der Waals surface area contributed by atoms with Gasteiger partial charge in [-0.2, -0.15) is 0 Å². The highest BCUT2D eigenvalue weighted by Crippen LogP contribution is 2.36. The van der Waals surface area contributed by atoms with Crippen molar-refractivity contribution < 1.29 is 64.6 Å². The highest BCUT2D eigenvalue weighted by Gasteiger charge is 2.58. The van der Waals surface area contributed by atoms with Gasteiger partial charge < -0.3 is 59.8 Å². The van der Waals surface area contributed by atoms with E-state index in [0.717, 1.165) is 6.26 Å². The van der Waals surface area contributed by atoms with E-state index in [-0.39, 0.29) is 5.57 Å². The Bertz CT molecular complexity index is 597. The molecule has 168 valence electrons. The number of aliphatic hydroxyl groups is 7. The molecule has 0 aromatic rings. The first-order valence-electron chi connectivity index (χ1n) is 8.72. The monoisotopic (exact) mass is 426 g/mol. The average Bonchev–Trinajstić information content (AvgIpc) is 2.94. The molecule has 2 rings (SSSR count). The number of rotatable bonds is 8. The Morgan fingerprint density at radius 2 is 1.69 bits per heavy atom. The number of carboxylic acids is 1. The van der Waals surface area contributed by atoms with E-state index in [9.17, 15) is 40.5 Å². The summed E-state index contributed by atoms with van der Waals surface area (Å²) < 4.78 is 20.9. The van der Waals surface area contributed by atoms with Gasteiger partial charge >= 0.3 is 5.97 Å². The second-order valence-electron chi connectivity index (χ2n) is 6.82. The molecule has 2 aliphatic heterocycles. The summed E-state index contributed by atoms with van der Waals surface area (Å²) in [5.74, 6) is -3.52. The molecule has 0 aromatic heterocycles. The van der Waals surface area contributed by atoms with Crippen molar-refractivity contribution in [3.63, 3.8) is 0 Å². The van der Waals surface area contributed by atoms with Crippen LogP contribution in [0.5, 0.6) is 0 Å². The molecule has 0 unspecified atom stereocenters. The quantitative estimate of drug-likeness (QED) is 0.136. The molecule has 8 N–H and O–H groups in total. The Hall–Kier alpha value is -1.39. The Morgan fingerprint density at radius 3 is 2.21 bits per heavy atom. The number of aliphatic carboxylic acids is 1. The van der Waals surface area contributed by atoms with Crippen molar-refractivity contribution in [1.82, 2.24) is 0 Å². The van der Waals surface area contributed by atoms with Crippen molar-refractivity contribution in [2.24, 2.45) is 0 Å². The van der Waals surface area contributed by atoms with Gasteiger partial charge in [-0.15, -0.1) is 0 Å². The van der Waals surface area contributed by atoms with E-state index in [1.54, 1.807) is 0 Å². The molecule has 29 heavy (non-hydrogen) atoms. The molecule has 9 atom stereocenters. The van der Waals surface area contributed by atoms with E-state index in [1.165, 1.54) is 6.92 Å². The second kappa shape index (κ2) is 9.61. The third-order valence-corrected chi connectivity index (χ3v) is 4.75. The smallest absolute Gasteiger partial charge is 0.334 e. The molecule has 2 fully saturated rings. The third kappa shape index (κ3) is 4.86. The molecule has 2 saturated heterocycles. The van der Waals surface area contributed by atoms with Gasteiger partial charge in [-0.3, -0.25) is 0 Å². The molecule has 0 bridgehead atoms. The Balaban J connectivity index is 2.12. The van der Waals surface area contributed by atoms with Gasteiger partial charge in [0, 0.05) is 0 Å². The Morgan fingerprint density at radius 1 is 1.03 bits per heavy atom. The maximum Gasteiger partial charge on any atom is 0.334 e. The standard InChI is InChI=1S/C16H26O13/c1-6(14(24)25)3-26-4-8-9(19)11(21)12(22)15(27-8)29-16(5-18)13(23)10(20)7(2-17)28-16/h3,7-13,15,17-23H,2,4-5H2,1H3,(H,24,25)/t7-,8-,9-,10-,11+,12-,13+,15-,16+/m1/s1. The third-order valence-electron chi connectivity index (χ3n) is 4.75. The summed E-state index contributed by atoms with van der Waals surface area (Å²) in [5, 5.41) is 77.9. The summed E-state index contributed by atoms with van der Waals surface area (Å²) in [5.41, 5.74) is -0.144. The molecule has 0 aromatic carbocycles. The van der Waals surface area contributed by atoms with Gasteiger partial charge in [-0.1, -0.05) is 0 Å². The van der Waals surface area contributed by atoms with Crippen molar-refractivity contribution >= 4 is 5.97 Å². The molecule has 2 aliphatic rings. The van der Waals surface area contributed by atoms with Gasteiger partial charge in [0.1, 0.15) is 55.9 Å². The van der Waals surface area contributed by atoms with E-state index in [2.05, 4.69) is 0 Å². The van der Waals surface area contributed by atoms with Crippen LogP contribution in [0.3, 0.4) is 0 Å². The van der Waals surface area contributed by atoms with Crippen molar-refractivity contribution in [3.8, 4) is 0 Å². The first-order chi connectivity index (χ1) is 13.6. The van der Waals surface area contributed by atoms with E-state index < -0.39 is 80.6 Å². The van der Waals surface area contributed by atoms with Gasteiger partial charge in [0.15, 0.2) is 6.29 Å². The summed E-state index contributed by atoms with van der Waals surface area (Å²) in [6, 6.07) is 0. The Labute approximate surface area is 164 Å². The lowest BCUT2D eigenvalue weighted by Gasteiger charge is -2.43. The van der Waals surface area contributed by atoms with Crippen molar-refractivity contribution in [3.05, 3.63) is 11.8 Å². The molecule has 0 amide bonds. The average molecular weight is 426 g/mol. The number of ether oxygens (including phenoxy) is 4. The second-order valence-corrected chi connectivity index (χ2v) is 6.82. The number of carbonyl (C=O) groups is 1. The van der Waals surface area contributed by atoms with E-state index >= 15 is 0 Å². The van der Waals surface area contributed by atoms with Crippen LogP contribution in [0.15, 0.2) is 11.8 Å². The fraction of sp³-hybridized carbons (Fsp3) is 0.812. The molecular formula is C16H26O13. The molecule has 0 saturated carbocycles. The summed E-state index contributed by atoms with van der Waals surface area (Å²) in [6.07, 6.45) is -12.2. The summed E-state index contributed by atoms with van der Waals surface area (Å²) in [7, 11) is 0. The highest BCUT2D eigenvalue weighted by molar-refractivity contribution is 5.85. The maximum atomic E-state index is 10.7. The maximum absolute atomic E-state index is 10.7. The molecule has 0 aliphatic carbocycles. The van der Waals surface area contributed by atoms with Gasteiger partial charge in [0.05, 0.1) is 18.4 Å². The predicted octanol–water partition coefficient (Wildman–Crippen LogP) is -4.38. The largest absolute Gasteiger partial charge is 0.498 e. The normalized spacial score (nSPS) is 43.4. The summed E-state index contributed by atoms with van der Waals surface area (Å²) in [4.78, 5) is 10.7. The van der Waals surface area contributed by atoms with Gasteiger partial charge in [0.2, 0.25) is 5.79 Å². The number of hydrogen-bond acceptors (Lipinski definition) is 12. The number of carboxylic acid groups (broad SMARTS) is 1. The zero-order valence-corrected chi connectivity index (χ0v) is 15.4.